The van der Waals surface area contributed by atoms with Crippen LogP contribution in [0, 0.1) is 0 Å². The van der Waals surface area contributed by atoms with Gasteiger partial charge in [-0.2, -0.15) is 0 Å². The second-order valence-electron chi connectivity index (χ2n) is 2.27. The zero-order chi connectivity index (χ0) is 9.02. The fourth-order valence-corrected chi connectivity index (χ4v) is 0.613. The van der Waals surface area contributed by atoms with E-state index in [1.54, 1.807) is 0 Å². The molecule has 11 heavy (non-hydrogen) atoms. The van der Waals surface area contributed by atoms with Gasteiger partial charge in [-0.15, -0.1) is 0 Å². The molecule has 1 amide bonds. The highest BCUT2D eigenvalue weighted by atomic mass is 16.4. The zero-order valence-electron chi connectivity index (χ0n) is 6.37. The number of aliphatic carboxylic acids is 1. The molecule has 2 unspecified atom stereocenters. The number of carbonyl (C=O) groups excluding carboxylic acids is 1. The van der Waals surface area contributed by atoms with Crippen LogP contribution in [-0.2, 0) is 9.59 Å². The fourth-order valence-electron chi connectivity index (χ4n) is 0.613. The Labute approximate surface area is 64.0 Å². The van der Waals surface area contributed by atoms with Crippen molar-refractivity contribution in [1.82, 2.24) is 5.32 Å². The van der Waals surface area contributed by atoms with Gasteiger partial charge >= 0.3 is 5.97 Å². The lowest BCUT2D eigenvalue weighted by atomic mass is 10.2. The van der Waals surface area contributed by atoms with E-state index in [1.807, 2.05) is 0 Å². The van der Waals surface area contributed by atoms with Gasteiger partial charge in [0, 0.05) is 6.92 Å². The summed E-state index contributed by atoms with van der Waals surface area (Å²) in [6.45, 7) is 2.67. The summed E-state index contributed by atoms with van der Waals surface area (Å²) in [5, 5.41) is 19.3. The van der Waals surface area contributed by atoms with Gasteiger partial charge in [0.15, 0.2) is 6.10 Å². The smallest absolute Gasteiger partial charge is 0.334 e. The van der Waals surface area contributed by atoms with Crippen molar-refractivity contribution in [3.63, 3.8) is 0 Å². The Morgan fingerprint density at radius 1 is 1.45 bits per heavy atom. The summed E-state index contributed by atoms with van der Waals surface area (Å²) < 4.78 is 0. The van der Waals surface area contributed by atoms with Crippen molar-refractivity contribution in [2.24, 2.45) is 0 Å². The van der Waals surface area contributed by atoms with Crippen LogP contribution in [0.5, 0.6) is 0 Å². The van der Waals surface area contributed by atoms with E-state index in [1.165, 1.54) is 13.8 Å². The number of amides is 1. The molecule has 64 valence electrons. The van der Waals surface area contributed by atoms with Gasteiger partial charge in [-0.05, 0) is 6.92 Å². The van der Waals surface area contributed by atoms with Crippen LogP contribution < -0.4 is 5.32 Å². The molecule has 0 aliphatic heterocycles. The average molecular weight is 161 g/mol. The molecular formula is C6H11NO4. The monoisotopic (exact) mass is 161 g/mol. The third kappa shape index (κ3) is 3.57. The highest BCUT2D eigenvalue weighted by Gasteiger charge is 2.21. The highest BCUT2D eigenvalue weighted by molar-refractivity contribution is 5.76. The van der Waals surface area contributed by atoms with Gasteiger partial charge in [-0.3, -0.25) is 4.79 Å². The Morgan fingerprint density at radius 3 is 2.18 bits per heavy atom. The van der Waals surface area contributed by atoms with Crippen LogP contribution in [0.25, 0.3) is 0 Å². The van der Waals surface area contributed by atoms with Crippen molar-refractivity contribution in [2.75, 3.05) is 0 Å². The lowest BCUT2D eigenvalue weighted by Crippen LogP contribution is -2.44. The van der Waals surface area contributed by atoms with E-state index in [0.717, 1.165) is 0 Å². The first-order valence-electron chi connectivity index (χ1n) is 3.13. The molecule has 0 bridgehead atoms. The number of carboxylic acid groups (broad SMARTS) is 1. The fraction of sp³-hybridized carbons (Fsp3) is 0.667. The Morgan fingerprint density at radius 2 is 1.91 bits per heavy atom. The van der Waals surface area contributed by atoms with Gasteiger partial charge in [0.25, 0.3) is 0 Å². The summed E-state index contributed by atoms with van der Waals surface area (Å²) in [6, 6.07) is -0.759. The molecule has 0 saturated carbocycles. The number of aliphatic hydroxyl groups is 1. The molecule has 0 aliphatic carbocycles. The summed E-state index contributed by atoms with van der Waals surface area (Å²) >= 11 is 0. The Balaban J connectivity index is 3.92. The minimum Gasteiger partial charge on any atom is -0.479 e. The average Bonchev–Trinajstić information content (AvgIpc) is 1.84. The number of aliphatic hydroxyl groups excluding tert-OH is 1. The highest BCUT2D eigenvalue weighted by Crippen LogP contribution is 1.91. The first kappa shape index (κ1) is 9.90. The summed E-state index contributed by atoms with van der Waals surface area (Å²) in [5.41, 5.74) is 0. The van der Waals surface area contributed by atoms with Gasteiger partial charge in [0.2, 0.25) is 5.91 Å². The third-order valence-corrected chi connectivity index (χ3v) is 1.16. The predicted molar refractivity (Wildman–Crippen MR) is 36.9 cm³/mol. The van der Waals surface area contributed by atoms with Crippen molar-refractivity contribution >= 4 is 11.9 Å². The topological polar surface area (TPSA) is 86.6 Å². The normalized spacial score (nSPS) is 15.2. The minimum atomic E-state index is -1.54. The maximum atomic E-state index is 10.4. The maximum Gasteiger partial charge on any atom is 0.334 e. The maximum absolute atomic E-state index is 10.4. The molecule has 5 heteroatoms. The number of hydrogen-bond donors (Lipinski definition) is 3. The van der Waals surface area contributed by atoms with Crippen molar-refractivity contribution in [3.8, 4) is 0 Å². The number of rotatable bonds is 3. The number of hydrogen-bond acceptors (Lipinski definition) is 3. The van der Waals surface area contributed by atoms with Crippen LogP contribution in [0.4, 0.5) is 0 Å². The summed E-state index contributed by atoms with van der Waals surface area (Å²) in [7, 11) is 0. The molecule has 0 aliphatic rings. The second-order valence-corrected chi connectivity index (χ2v) is 2.27. The molecule has 2 atom stereocenters. The first-order chi connectivity index (χ1) is 4.95. The van der Waals surface area contributed by atoms with E-state index in [2.05, 4.69) is 5.32 Å². The largest absolute Gasteiger partial charge is 0.479 e. The molecular weight excluding hydrogens is 150 g/mol. The Kier molecular flexibility index (Phi) is 3.53. The number of carboxylic acids is 1. The minimum absolute atomic E-state index is 0.363. The zero-order valence-corrected chi connectivity index (χ0v) is 6.37. The Bertz CT molecular complexity index is 168. The second kappa shape index (κ2) is 3.92. The molecule has 0 heterocycles. The van der Waals surface area contributed by atoms with Crippen LogP contribution in [0.2, 0.25) is 0 Å². The lowest BCUT2D eigenvalue weighted by molar-refractivity contribution is -0.148. The van der Waals surface area contributed by atoms with Crippen molar-refractivity contribution in [2.45, 2.75) is 26.0 Å². The first-order valence-corrected chi connectivity index (χ1v) is 3.13. The summed E-state index contributed by atoms with van der Waals surface area (Å²) in [5.74, 6) is -1.70. The van der Waals surface area contributed by atoms with Crippen LogP contribution >= 0.6 is 0 Å². The SMILES string of the molecule is CC(=O)NC(C)C(O)C(=O)O. The van der Waals surface area contributed by atoms with Gasteiger partial charge in [0.05, 0.1) is 6.04 Å². The third-order valence-electron chi connectivity index (χ3n) is 1.16. The molecule has 0 saturated heterocycles. The number of carbonyl (C=O) groups is 2. The molecule has 0 rings (SSSR count). The van der Waals surface area contributed by atoms with Gasteiger partial charge in [0.1, 0.15) is 0 Å². The lowest BCUT2D eigenvalue weighted by Gasteiger charge is -2.14. The molecule has 3 N–H and O–H groups in total. The number of nitrogens with one attached hydrogen (secondary N) is 1. The summed E-state index contributed by atoms with van der Waals surface area (Å²) in [4.78, 5) is 20.5. The predicted octanol–water partition coefficient (Wildman–Crippen LogP) is -1.04. The molecule has 0 aromatic carbocycles. The van der Waals surface area contributed by atoms with E-state index < -0.39 is 18.1 Å². The van der Waals surface area contributed by atoms with E-state index >= 15 is 0 Å². The van der Waals surface area contributed by atoms with Crippen molar-refractivity contribution in [1.29, 1.82) is 0 Å². The van der Waals surface area contributed by atoms with E-state index in [4.69, 9.17) is 10.2 Å². The summed E-state index contributed by atoms with van der Waals surface area (Å²) in [6.07, 6.45) is -1.54. The molecule has 5 nitrogen and oxygen atoms in total. The van der Waals surface area contributed by atoms with Gasteiger partial charge < -0.3 is 15.5 Å². The van der Waals surface area contributed by atoms with Crippen molar-refractivity contribution < 1.29 is 19.8 Å². The van der Waals surface area contributed by atoms with Crippen LogP contribution in [0.1, 0.15) is 13.8 Å². The van der Waals surface area contributed by atoms with Crippen LogP contribution in [-0.4, -0.2) is 34.2 Å². The van der Waals surface area contributed by atoms with E-state index in [-0.39, 0.29) is 5.91 Å². The van der Waals surface area contributed by atoms with Crippen LogP contribution in [0.3, 0.4) is 0 Å². The van der Waals surface area contributed by atoms with E-state index in [0.29, 0.717) is 0 Å². The molecule has 0 aromatic rings. The quantitative estimate of drug-likeness (QED) is 0.493. The van der Waals surface area contributed by atoms with Gasteiger partial charge in [-0.1, -0.05) is 0 Å². The van der Waals surface area contributed by atoms with Crippen molar-refractivity contribution in [3.05, 3.63) is 0 Å². The molecule has 0 spiro atoms. The molecule has 0 radical (unpaired) electrons. The van der Waals surface area contributed by atoms with Gasteiger partial charge in [-0.25, -0.2) is 4.79 Å². The standard InChI is InChI=1S/C6H11NO4/c1-3(7-4(2)8)5(9)6(10)11/h3,5,9H,1-2H3,(H,7,8)(H,10,11). The molecule has 0 aromatic heterocycles. The van der Waals surface area contributed by atoms with Crippen LogP contribution in [0.15, 0.2) is 0 Å². The molecule has 0 fully saturated rings. The van der Waals surface area contributed by atoms with E-state index in [9.17, 15) is 9.59 Å². The Hall–Kier alpha value is -1.10.